The van der Waals surface area contributed by atoms with Crippen molar-refractivity contribution in [2.75, 3.05) is 7.05 Å². The second-order valence-electron chi connectivity index (χ2n) is 4.53. The molecular formula is C15H14BrFN2O. The van der Waals surface area contributed by atoms with E-state index in [4.69, 9.17) is 0 Å². The molecule has 0 fully saturated rings. The normalized spacial score (nSPS) is 10.4. The fourth-order valence-electron chi connectivity index (χ4n) is 1.88. The molecule has 2 rings (SSSR count). The molecule has 0 bridgehead atoms. The molecule has 0 unspecified atom stereocenters. The molecule has 1 aromatic heterocycles. The van der Waals surface area contributed by atoms with Crippen LogP contribution in [0.1, 0.15) is 21.7 Å². The van der Waals surface area contributed by atoms with Crippen LogP contribution in [0.25, 0.3) is 0 Å². The Labute approximate surface area is 125 Å². The Morgan fingerprint density at radius 3 is 2.70 bits per heavy atom. The van der Waals surface area contributed by atoms with Crippen molar-refractivity contribution in [3.05, 3.63) is 63.6 Å². The zero-order valence-corrected chi connectivity index (χ0v) is 12.8. The van der Waals surface area contributed by atoms with E-state index >= 15 is 0 Å². The van der Waals surface area contributed by atoms with Gasteiger partial charge in [-0.1, -0.05) is 12.1 Å². The molecule has 0 aliphatic heterocycles. The van der Waals surface area contributed by atoms with Gasteiger partial charge in [-0.2, -0.15) is 0 Å². The van der Waals surface area contributed by atoms with E-state index in [1.54, 1.807) is 13.1 Å². The van der Waals surface area contributed by atoms with E-state index in [2.05, 4.69) is 20.9 Å². The van der Waals surface area contributed by atoms with Crippen molar-refractivity contribution in [1.29, 1.82) is 0 Å². The summed E-state index contributed by atoms with van der Waals surface area (Å²) in [6.07, 6.45) is 0. The Hall–Kier alpha value is -1.75. The smallest absolute Gasteiger partial charge is 0.255 e. The molecule has 104 valence electrons. The first-order chi connectivity index (χ1) is 9.49. The van der Waals surface area contributed by atoms with Gasteiger partial charge in [0.05, 0.1) is 22.3 Å². The van der Waals surface area contributed by atoms with Crippen LogP contribution in [-0.2, 0) is 6.54 Å². The summed E-state index contributed by atoms with van der Waals surface area (Å²) in [5.41, 5.74) is 2.00. The highest BCUT2D eigenvalue weighted by molar-refractivity contribution is 9.10. The average Bonchev–Trinajstić information content (AvgIpc) is 2.41. The number of halogens is 2. The lowest BCUT2D eigenvalue weighted by molar-refractivity contribution is 0.0782. The van der Waals surface area contributed by atoms with Gasteiger partial charge >= 0.3 is 0 Å². The topological polar surface area (TPSA) is 33.2 Å². The van der Waals surface area contributed by atoms with E-state index in [1.165, 1.54) is 17.0 Å². The highest BCUT2D eigenvalue weighted by Crippen LogP contribution is 2.22. The number of rotatable bonds is 3. The molecule has 0 aliphatic carbocycles. The van der Waals surface area contributed by atoms with Gasteiger partial charge in [0.15, 0.2) is 0 Å². The van der Waals surface area contributed by atoms with Crippen molar-refractivity contribution in [3.8, 4) is 0 Å². The summed E-state index contributed by atoms with van der Waals surface area (Å²) in [5.74, 6) is -0.697. The highest BCUT2D eigenvalue weighted by Gasteiger charge is 2.17. The number of hydrogen-bond donors (Lipinski definition) is 0. The predicted molar refractivity (Wildman–Crippen MR) is 78.9 cm³/mol. The summed E-state index contributed by atoms with van der Waals surface area (Å²) in [6, 6.07) is 10.1. The molecule has 1 aromatic carbocycles. The minimum Gasteiger partial charge on any atom is -0.336 e. The third kappa shape index (κ3) is 3.22. The van der Waals surface area contributed by atoms with Gasteiger partial charge in [0.1, 0.15) is 5.82 Å². The number of amides is 1. The fraction of sp³-hybridized carbons (Fsp3) is 0.200. The van der Waals surface area contributed by atoms with Crippen LogP contribution in [0, 0.1) is 12.7 Å². The first-order valence-corrected chi connectivity index (χ1v) is 6.90. The van der Waals surface area contributed by atoms with E-state index in [-0.39, 0.29) is 10.4 Å². The molecule has 0 spiro atoms. The molecule has 3 nitrogen and oxygen atoms in total. The number of carbonyl (C=O) groups excluding carboxylic acids is 1. The van der Waals surface area contributed by atoms with Gasteiger partial charge in [-0.15, -0.1) is 0 Å². The Morgan fingerprint density at radius 1 is 1.30 bits per heavy atom. The second kappa shape index (κ2) is 6.13. The summed E-state index contributed by atoms with van der Waals surface area (Å²) >= 11 is 3.11. The molecule has 20 heavy (non-hydrogen) atoms. The van der Waals surface area contributed by atoms with Gasteiger partial charge in [0, 0.05) is 12.7 Å². The fourth-order valence-corrected chi connectivity index (χ4v) is 2.31. The molecule has 0 atom stereocenters. The zero-order valence-electron chi connectivity index (χ0n) is 11.2. The average molecular weight is 337 g/mol. The van der Waals surface area contributed by atoms with Crippen LogP contribution in [0.5, 0.6) is 0 Å². The van der Waals surface area contributed by atoms with E-state index in [9.17, 15) is 9.18 Å². The predicted octanol–water partition coefficient (Wildman–Crippen LogP) is 3.56. The monoisotopic (exact) mass is 336 g/mol. The van der Waals surface area contributed by atoms with Crippen molar-refractivity contribution in [1.82, 2.24) is 9.88 Å². The lowest BCUT2D eigenvalue weighted by Gasteiger charge is -2.18. The summed E-state index contributed by atoms with van der Waals surface area (Å²) in [5, 5.41) is 0. The molecule has 0 saturated heterocycles. The zero-order chi connectivity index (χ0) is 14.7. The standard InChI is InChI=1S/C15H14BrFN2O/c1-10-5-3-6-11(18-10)9-19(2)15(20)12-7-4-8-13(17)14(12)16/h3-8H,9H2,1-2H3. The van der Waals surface area contributed by atoms with Crippen LogP contribution >= 0.6 is 15.9 Å². The molecule has 0 N–H and O–H groups in total. The van der Waals surface area contributed by atoms with Gasteiger partial charge in [0.25, 0.3) is 5.91 Å². The molecule has 0 aliphatic rings. The third-order valence-electron chi connectivity index (χ3n) is 2.87. The molecule has 2 aromatic rings. The minimum atomic E-state index is -0.446. The summed E-state index contributed by atoms with van der Waals surface area (Å²) in [7, 11) is 1.67. The van der Waals surface area contributed by atoms with E-state index < -0.39 is 5.82 Å². The Balaban J connectivity index is 2.19. The first-order valence-electron chi connectivity index (χ1n) is 6.11. The van der Waals surface area contributed by atoms with Gasteiger partial charge < -0.3 is 4.90 Å². The molecule has 5 heteroatoms. The van der Waals surface area contributed by atoms with E-state index in [0.717, 1.165) is 11.4 Å². The number of hydrogen-bond acceptors (Lipinski definition) is 2. The summed E-state index contributed by atoms with van der Waals surface area (Å²) in [6.45, 7) is 2.28. The van der Waals surface area contributed by atoms with Crippen LogP contribution < -0.4 is 0 Å². The Morgan fingerprint density at radius 2 is 2.00 bits per heavy atom. The minimum absolute atomic E-state index is 0.189. The van der Waals surface area contributed by atoms with Crippen molar-refractivity contribution >= 4 is 21.8 Å². The van der Waals surface area contributed by atoms with Gasteiger partial charge in [-0.05, 0) is 47.1 Å². The van der Waals surface area contributed by atoms with Crippen LogP contribution in [0.4, 0.5) is 4.39 Å². The second-order valence-corrected chi connectivity index (χ2v) is 5.33. The summed E-state index contributed by atoms with van der Waals surface area (Å²) in [4.78, 5) is 18.2. The quantitative estimate of drug-likeness (QED) is 0.858. The highest BCUT2D eigenvalue weighted by atomic mass is 79.9. The molecular weight excluding hydrogens is 323 g/mol. The lowest BCUT2D eigenvalue weighted by Crippen LogP contribution is -2.27. The summed E-state index contributed by atoms with van der Waals surface area (Å²) < 4.78 is 13.6. The number of aryl methyl sites for hydroxylation is 1. The largest absolute Gasteiger partial charge is 0.336 e. The van der Waals surface area contributed by atoms with Crippen LogP contribution in [0.3, 0.4) is 0 Å². The maximum atomic E-state index is 13.5. The van der Waals surface area contributed by atoms with Crippen molar-refractivity contribution in [2.24, 2.45) is 0 Å². The Kier molecular flexibility index (Phi) is 4.49. The number of aromatic nitrogens is 1. The number of carbonyl (C=O) groups is 1. The Bertz CT molecular complexity index is 646. The van der Waals surface area contributed by atoms with Gasteiger partial charge in [-0.3, -0.25) is 9.78 Å². The van der Waals surface area contributed by atoms with Crippen LogP contribution in [0.2, 0.25) is 0 Å². The molecule has 1 heterocycles. The first kappa shape index (κ1) is 14.7. The molecule has 1 amide bonds. The van der Waals surface area contributed by atoms with Crippen LogP contribution in [-0.4, -0.2) is 22.8 Å². The maximum absolute atomic E-state index is 13.5. The van der Waals surface area contributed by atoms with Crippen molar-refractivity contribution < 1.29 is 9.18 Å². The van der Waals surface area contributed by atoms with E-state index in [1.807, 2.05) is 25.1 Å². The molecule has 0 radical (unpaired) electrons. The number of benzene rings is 1. The van der Waals surface area contributed by atoms with Crippen molar-refractivity contribution in [3.63, 3.8) is 0 Å². The lowest BCUT2D eigenvalue weighted by atomic mass is 10.2. The van der Waals surface area contributed by atoms with Gasteiger partial charge in [-0.25, -0.2) is 4.39 Å². The third-order valence-corrected chi connectivity index (χ3v) is 3.68. The number of pyridine rings is 1. The van der Waals surface area contributed by atoms with Gasteiger partial charge in [0.2, 0.25) is 0 Å². The van der Waals surface area contributed by atoms with E-state index in [0.29, 0.717) is 12.1 Å². The number of nitrogens with zero attached hydrogens (tertiary/aromatic N) is 2. The molecule has 0 saturated carbocycles. The van der Waals surface area contributed by atoms with Crippen LogP contribution in [0.15, 0.2) is 40.9 Å². The SMILES string of the molecule is Cc1cccc(CN(C)C(=O)c2cccc(F)c2Br)n1. The maximum Gasteiger partial charge on any atom is 0.255 e. The van der Waals surface area contributed by atoms with Crippen molar-refractivity contribution in [2.45, 2.75) is 13.5 Å².